The van der Waals surface area contributed by atoms with Crippen LogP contribution in [0.3, 0.4) is 0 Å². The zero-order chi connectivity index (χ0) is 12.4. The van der Waals surface area contributed by atoms with Crippen molar-refractivity contribution in [3.63, 3.8) is 0 Å². The minimum Gasteiger partial charge on any atom is -0.0645 e. The first-order chi connectivity index (χ1) is 8.74. The van der Waals surface area contributed by atoms with Crippen molar-refractivity contribution in [1.82, 2.24) is 0 Å². The van der Waals surface area contributed by atoms with Gasteiger partial charge in [-0.1, -0.05) is 68.0 Å². The summed E-state index contributed by atoms with van der Waals surface area (Å²) in [6, 6.07) is 9.02. The predicted octanol–water partition coefficient (Wildman–Crippen LogP) is 4.64. The number of fused-ring (bicyclic) bond motifs is 3. The van der Waals surface area contributed by atoms with Crippen molar-refractivity contribution < 1.29 is 0 Å². The van der Waals surface area contributed by atoms with Crippen LogP contribution in [0, 0.1) is 5.41 Å². The van der Waals surface area contributed by atoms with Crippen LogP contribution >= 0.6 is 0 Å². The fourth-order valence-electron chi connectivity index (χ4n) is 4.55. The molecule has 3 aliphatic carbocycles. The fourth-order valence-corrected chi connectivity index (χ4v) is 4.55. The van der Waals surface area contributed by atoms with Gasteiger partial charge in [-0.25, -0.2) is 0 Å². The van der Waals surface area contributed by atoms with Crippen molar-refractivity contribution in [2.24, 2.45) is 5.41 Å². The summed E-state index contributed by atoms with van der Waals surface area (Å²) < 4.78 is 0. The highest BCUT2D eigenvalue weighted by Crippen LogP contribution is 2.73. The van der Waals surface area contributed by atoms with Crippen molar-refractivity contribution in [1.29, 1.82) is 0 Å². The molecule has 1 saturated carbocycles. The molecule has 1 aromatic rings. The van der Waals surface area contributed by atoms with Crippen LogP contribution in [0.15, 0.2) is 54.1 Å². The van der Waals surface area contributed by atoms with Crippen LogP contribution < -0.4 is 0 Å². The molecule has 2 atom stereocenters. The number of allylic oxidation sites excluding steroid dienone is 6. The van der Waals surface area contributed by atoms with Gasteiger partial charge in [-0.3, -0.25) is 0 Å². The number of benzene rings is 1. The molecule has 0 heterocycles. The second-order valence-electron chi connectivity index (χ2n) is 5.94. The molecule has 0 heteroatoms. The lowest BCUT2D eigenvalue weighted by Crippen LogP contribution is -2.51. The van der Waals surface area contributed by atoms with E-state index in [1.807, 2.05) is 0 Å². The lowest BCUT2D eigenvalue weighted by Gasteiger charge is -2.57. The van der Waals surface area contributed by atoms with Crippen molar-refractivity contribution in [3.05, 3.63) is 65.3 Å². The number of hydrogen-bond acceptors (Lipinski definition) is 0. The summed E-state index contributed by atoms with van der Waals surface area (Å²) in [7, 11) is 0. The molecular formula is C18H18. The van der Waals surface area contributed by atoms with Gasteiger partial charge in [0.15, 0.2) is 0 Å². The first-order valence-electron chi connectivity index (χ1n) is 6.92. The molecule has 1 aromatic carbocycles. The Kier molecular flexibility index (Phi) is 1.76. The van der Waals surface area contributed by atoms with Crippen LogP contribution in [-0.4, -0.2) is 0 Å². The third-order valence-electron chi connectivity index (χ3n) is 5.64. The van der Waals surface area contributed by atoms with E-state index in [0.717, 1.165) is 0 Å². The van der Waals surface area contributed by atoms with E-state index >= 15 is 0 Å². The van der Waals surface area contributed by atoms with Gasteiger partial charge in [0, 0.05) is 10.8 Å². The van der Waals surface area contributed by atoms with E-state index in [9.17, 15) is 0 Å². The zero-order valence-corrected chi connectivity index (χ0v) is 11.0. The van der Waals surface area contributed by atoms with Crippen LogP contribution in [0.1, 0.15) is 37.8 Å². The average Bonchev–Trinajstić information content (AvgIpc) is 2.49. The second-order valence-corrected chi connectivity index (χ2v) is 5.94. The van der Waals surface area contributed by atoms with E-state index in [1.165, 1.54) is 24.0 Å². The Bertz CT molecular complexity index is 629. The molecule has 0 spiro atoms. The molecule has 90 valence electrons. The predicted molar refractivity (Wildman–Crippen MR) is 76.3 cm³/mol. The molecule has 0 saturated heterocycles. The minimum atomic E-state index is 0.245. The van der Waals surface area contributed by atoms with Gasteiger partial charge >= 0.3 is 0 Å². The number of rotatable bonds is 1. The van der Waals surface area contributed by atoms with Gasteiger partial charge in [-0.2, -0.15) is 0 Å². The maximum absolute atomic E-state index is 2.45. The molecule has 0 aliphatic heterocycles. The van der Waals surface area contributed by atoms with Crippen molar-refractivity contribution in [2.75, 3.05) is 0 Å². The number of hydrogen-bond donors (Lipinski definition) is 0. The van der Waals surface area contributed by atoms with Gasteiger partial charge in [0.2, 0.25) is 0 Å². The first kappa shape index (κ1) is 10.4. The summed E-state index contributed by atoms with van der Waals surface area (Å²) in [4.78, 5) is 0. The van der Waals surface area contributed by atoms with E-state index in [1.54, 1.807) is 11.1 Å². The Hall–Kier alpha value is -1.56. The van der Waals surface area contributed by atoms with Crippen LogP contribution in [0.25, 0.3) is 5.57 Å². The molecule has 0 bridgehead atoms. The maximum Gasteiger partial charge on any atom is 0.0242 e. The molecule has 2 unspecified atom stereocenters. The molecule has 0 aromatic heterocycles. The van der Waals surface area contributed by atoms with Crippen molar-refractivity contribution in [3.8, 4) is 0 Å². The van der Waals surface area contributed by atoms with Gasteiger partial charge in [-0.15, -0.1) is 0 Å². The monoisotopic (exact) mass is 234 g/mol. The Balaban J connectivity index is 2.10. The van der Waals surface area contributed by atoms with E-state index in [0.29, 0.717) is 5.41 Å². The summed E-state index contributed by atoms with van der Waals surface area (Å²) in [5.74, 6) is 0. The highest BCUT2D eigenvalue weighted by Gasteiger charge is 2.65. The third kappa shape index (κ3) is 0.849. The topological polar surface area (TPSA) is 0 Å². The Morgan fingerprint density at radius 2 is 1.89 bits per heavy atom. The fraction of sp³-hybridized carbons (Fsp3) is 0.333. The summed E-state index contributed by atoms with van der Waals surface area (Å²) >= 11 is 0. The summed E-state index contributed by atoms with van der Waals surface area (Å²) in [6.07, 6.45) is 11.5. The average molecular weight is 234 g/mol. The van der Waals surface area contributed by atoms with Crippen LogP contribution in [0.2, 0.25) is 0 Å². The summed E-state index contributed by atoms with van der Waals surface area (Å²) in [6.45, 7) is 4.80. The molecule has 0 amide bonds. The highest BCUT2D eigenvalue weighted by atomic mass is 14.7. The molecule has 0 radical (unpaired) electrons. The molecule has 0 N–H and O–H groups in total. The van der Waals surface area contributed by atoms with Crippen molar-refractivity contribution >= 4 is 5.57 Å². The SMILES string of the molecule is CCC12CC3=CC=CC=C(c4ccccc41)C32C. The normalized spacial score (nSPS) is 35.0. The van der Waals surface area contributed by atoms with E-state index in [2.05, 4.69) is 62.4 Å². The Labute approximate surface area is 109 Å². The quantitative estimate of drug-likeness (QED) is 0.664. The molecule has 4 rings (SSSR count). The molecule has 3 aliphatic rings. The van der Waals surface area contributed by atoms with Gasteiger partial charge < -0.3 is 0 Å². The smallest absolute Gasteiger partial charge is 0.0242 e. The third-order valence-corrected chi connectivity index (χ3v) is 5.64. The van der Waals surface area contributed by atoms with E-state index < -0.39 is 0 Å². The van der Waals surface area contributed by atoms with Crippen LogP contribution in [-0.2, 0) is 5.41 Å². The molecular weight excluding hydrogens is 216 g/mol. The van der Waals surface area contributed by atoms with Gasteiger partial charge in [0.1, 0.15) is 0 Å². The maximum atomic E-state index is 2.45. The van der Waals surface area contributed by atoms with Crippen molar-refractivity contribution in [2.45, 2.75) is 32.1 Å². The van der Waals surface area contributed by atoms with Gasteiger partial charge in [0.25, 0.3) is 0 Å². The highest BCUT2D eigenvalue weighted by molar-refractivity contribution is 5.88. The van der Waals surface area contributed by atoms with Crippen LogP contribution in [0.5, 0.6) is 0 Å². The van der Waals surface area contributed by atoms with Gasteiger partial charge in [-0.05, 0) is 29.5 Å². The molecule has 1 fully saturated rings. The van der Waals surface area contributed by atoms with E-state index in [4.69, 9.17) is 0 Å². The first-order valence-corrected chi connectivity index (χ1v) is 6.92. The standard InChI is InChI=1S/C18H18/c1-3-18-12-13-8-4-6-10-15(17(13,18)2)14-9-5-7-11-16(14)18/h4-11H,3,12H2,1-2H3. The summed E-state index contributed by atoms with van der Waals surface area (Å²) in [5.41, 5.74) is 6.81. The lowest BCUT2D eigenvalue weighted by molar-refractivity contribution is 0.162. The summed E-state index contributed by atoms with van der Waals surface area (Å²) in [5, 5.41) is 0. The van der Waals surface area contributed by atoms with E-state index in [-0.39, 0.29) is 5.41 Å². The Morgan fingerprint density at radius 3 is 2.72 bits per heavy atom. The Morgan fingerprint density at radius 1 is 1.11 bits per heavy atom. The molecule has 18 heavy (non-hydrogen) atoms. The van der Waals surface area contributed by atoms with Gasteiger partial charge in [0.05, 0.1) is 0 Å². The molecule has 0 nitrogen and oxygen atoms in total. The largest absolute Gasteiger partial charge is 0.0645 e. The zero-order valence-electron chi connectivity index (χ0n) is 11.0. The minimum absolute atomic E-state index is 0.245. The lowest BCUT2D eigenvalue weighted by atomic mass is 9.46. The second kappa shape index (κ2) is 3.06. The van der Waals surface area contributed by atoms with Crippen LogP contribution in [0.4, 0.5) is 0 Å².